The van der Waals surface area contributed by atoms with E-state index in [1.54, 1.807) is 0 Å². The number of amides is 1. The van der Waals surface area contributed by atoms with Crippen LogP contribution in [0.2, 0.25) is 0 Å². The summed E-state index contributed by atoms with van der Waals surface area (Å²) in [4.78, 5) is 10.9. The molecule has 152 valence electrons. The number of carbonyl (C=O) groups excluding carboxylic acids is 1. The highest BCUT2D eigenvalue weighted by Crippen LogP contribution is 2.25. The Morgan fingerprint density at radius 3 is 2.27 bits per heavy atom. The topological polar surface area (TPSA) is 63.2 Å². The average Bonchev–Trinajstić information content (AvgIpc) is 3.07. The molecule has 0 heterocycles. The molecule has 5 heteroatoms. The highest BCUT2D eigenvalue weighted by Gasteiger charge is 2.10. The minimum absolute atomic E-state index is 0.247. The van der Waals surface area contributed by atoms with E-state index in [4.69, 9.17) is 0 Å². The average molecular weight is 386 g/mol. The molecule has 1 saturated carbocycles. The minimum atomic E-state index is -3.38. The van der Waals surface area contributed by atoms with Gasteiger partial charge in [0, 0.05) is 6.42 Å². The number of rotatable bonds is 11. The third-order valence-corrected chi connectivity index (χ3v) is 4.94. The van der Waals surface area contributed by atoms with Crippen molar-refractivity contribution in [3.05, 3.63) is 24.3 Å². The van der Waals surface area contributed by atoms with E-state index in [1.165, 1.54) is 57.8 Å². The molecule has 1 N–H and O–H groups in total. The van der Waals surface area contributed by atoms with Gasteiger partial charge in [0.2, 0.25) is 15.9 Å². The summed E-state index contributed by atoms with van der Waals surface area (Å²) in [6, 6.07) is 0. The van der Waals surface area contributed by atoms with Crippen LogP contribution in [-0.2, 0) is 14.8 Å². The smallest absolute Gasteiger partial charge is 0.233 e. The number of carbonyl (C=O) groups is 1. The van der Waals surface area contributed by atoms with E-state index in [9.17, 15) is 13.2 Å². The van der Waals surface area contributed by atoms with Crippen molar-refractivity contribution in [3.8, 4) is 0 Å². The molecular weight excluding hydrogens is 346 g/mol. The van der Waals surface area contributed by atoms with Crippen LogP contribution in [0.5, 0.6) is 0 Å². The Morgan fingerprint density at radius 1 is 1.04 bits per heavy atom. The Kier molecular flexibility index (Phi) is 15.4. The van der Waals surface area contributed by atoms with Crippen molar-refractivity contribution in [1.29, 1.82) is 0 Å². The highest BCUT2D eigenvalue weighted by molar-refractivity contribution is 7.89. The molecule has 0 bridgehead atoms. The van der Waals surface area contributed by atoms with E-state index >= 15 is 0 Å². The molecule has 1 aliphatic rings. The number of unbranched alkanes of at least 4 members (excludes halogenated alkanes) is 5. The Labute approximate surface area is 161 Å². The molecule has 0 radical (unpaired) electrons. The van der Waals surface area contributed by atoms with Gasteiger partial charge in [0.25, 0.3) is 0 Å². The molecule has 0 spiro atoms. The molecule has 1 fully saturated rings. The van der Waals surface area contributed by atoms with Crippen molar-refractivity contribution in [3.63, 3.8) is 0 Å². The Balaban J connectivity index is 0.000000481. The summed E-state index contributed by atoms with van der Waals surface area (Å²) in [6.45, 7) is 4.17. The van der Waals surface area contributed by atoms with E-state index in [0.29, 0.717) is 6.42 Å². The lowest BCUT2D eigenvalue weighted by atomic mass is 10.1. The first kappa shape index (κ1) is 24.9. The molecule has 1 aliphatic carbocycles. The first-order valence-corrected chi connectivity index (χ1v) is 12.1. The molecule has 4 nitrogen and oxygen atoms in total. The summed E-state index contributed by atoms with van der Waals surface area (Å²) in [7, 11) is -3.38. The van der Waals surface area contributed by atoms with Gasteiger partial charge in [-0.2, -0.15) is 0 Å². The van der Waals surface area contributed by atoms with E-state index < -0.39 is 15.9 Å². The largest absolute Gasteiger partial charge is 0.274 e. The maximum Gasteiger partial charge on any atom is 0.233 e. The normalized spacial score (nSPS) is 15.3. The van der Waals surface area contributed by atoms with Gasteiger partial charge in [0.1, 0.15) is 0 Å². The zero-order valence-corrected chi connectivity index (χ0v) is 17.8. The summed E-state index contributed by atoms with van der Waals surface area (Å²) in [5.41, 5.74) is 0. The SMILES string of the molecule is C/C=C\CCCC(=O)NS(C)(=O)=O.CCCCCC/C=C/C1CCCC1. The lowest BCUT2D eigenvalue weighted by Gasteiger charge is -2.00. The number of nitrogens with one attached hydrogen (secondary N) is 1. The number of hydrogen-bond donors (Lipinski definition) is 1. The van der Waals surface area contributed by atoms with Gasteiger partial charge in [-0.1, -0.05) is 63.3 Å². The predicted molar refractivity (Wildman–Crippen MR) is 112 cm³/mol. The van der Waals surface area contributed by atoms with Crippen molar-refractivity contribution in [2.75, 3.05) is 6.26 Å². The van der Waals surface area contributed by atoms with E-state index in [1.807, 2.05) is 23.8 Å². The van der Waals surface area contributed by atoms with Crippen molar-refractivity contribution in [1.82, 2.24) is 4.72 Å². The second kappa shape index (κ2) is 16.1. The van der Waals surface area contributed by atoms with Gasteiger partial charge < -0.3 is 0 Å². The van der Waals surface area contributed by atoms with Crippen molar-refractivity contribution in [2.45, 2.75) is 90.9 Å². The molecular formula is C21H39NO3S. The fourth-order valence-electron chi connectivity index (χ4n) is 2.93. The summed E-state index contributed by atoms with van der Waals surface area (Å²) < 4.78 is 23.1. The van der Waals surface area contributed by atoms with Crippen LogP contribution in [0.4, 0.5) is 0 Å². The third kappa shape index (κ3) is 17.7. The zero-order chi connectivity index (χ0) is 19.7. The Bertz CT molecular complexity index is 503. The van der Waals surface area contributed by atoms with E-state index in [0.717, 1.165) is 18.6 Å². The second-order valence-corrected chi connectivity index (χ2v) is 8.83. The first-order valence-electron chi connectivity index (χ1n) is 10.2. The maximum absolute atomic E-state index is 10.9. The van der Waals surface area contributed by atoms with Crippen LogP contribution in [0.25, 0.3) is 0 Å². The minimum Gasteiger partial charge on any atom is -0.274 e. The fourth-order valence-corrected chi connectivity index (χ4v) is 3.45. The van der Waals surface area contributed by atoms with Gasteiger partial charge in [-0.15, -0.1) is 0 Å². The van der Waals surface area contributed by atoms with Gasteiger partial charge in [-0.05, 0) is 51.4 Å². The van der Waals surface area contributed by atoms with Crippen molar-refractivity contribution in [2.24, 2.45) is 5.92 Å². The summed E-state index contributed by atoms with van der Waals surface area (Å²) in [5, 5.41) is 0. The van der Waals surface area contributed by atoms with Crippen LogP contribution in [0.15, 0.2) is 24.3 Å². The van der Waals surface area contributed by atoms with Gasteiger partial charge in [0.05, 0.1) is 6.26 Å². The zero-order valence-electron chi connectivity index (χ0n) is 17.0. The highest BCUT2D eigenvalue weighted by atomic mass is 32.2. The van der Waals surface area contributed by atoms with Crippen molar-refractivity contribution >= 4 is 15.9 Å². The molecule has 0 saturated heterocycles. The molecule has 0 aromatic rings. The van der Waals surface area contributed by atoms with Crippen LogP contribution in [0, 0.1) is 5.92 Å². The molecule has 0 aliphatic heterocycles. The summed E-state index contributed by atoms with van der Waals surface area (Å²) in [6.07, 6.45) is 24.1. The Morgan fingerprint density at radius 2 is 1.69 bits per heavy atom. The van der Waals surface area contributed by atoms with E-state index in [2.05, 4.69) is 19.1 Å². The van der Waals surface area contributed by atoms with Crippen LogP contribution in [0.1, 0.15) is 90.9 Å². The maximum atomic E-state index is 10.9. The van der Waals surface area contributed by atoms with Crippen LogP contribution < -0.4 is 4.72 Å². The first-order chi connectivity index (χ1) is 12.4. The molecule has 1 amide bonds. The summed E-state index contributed by atoms with van der Waals surface area (Å²) >= 11 is 0. The number of allylic oxidation sites excluding steroid dienone is 4. The lowest BCUT2D eigenvalue weighted by Crippen LogP contribution is -2.28. The number of sulfonamides is 1. The third-order valence-electron chi connectivity index (χ3n) is 4.34. The standard InChI is InChI=1S/C13H24.C8H15NO3S/c1-2-3-4-5-6-7-10-13-11-8-9-12-13;1-3-4-5-6-7-8(10)9-13(2,11)12/h7,10,13H,2-6,8-9,11-12H2,1H3;3-4H,5-7H2,1-2H3,(H,9,10)/b10-7+;4-3-. The number of hydrogen-bond acceptors (Lipinski definition) is 3. The second-order valence-electron chi connectivity index (χ2n) is 7.08. The quantitative estimate of drug-likeness (QED) is 0.377. The van der Waals surface area contributed by atoms with Gasteiger partial charge >= 0.3 is 0 Å². The summed E-state index contributed by atoms with van der Waals surface area (Å²) in [5.74, 6) is 0.498. The molecule has 26 heavy (non-hydrogen) atoms. The van der Waals surface area contributed by atoms with E-state index in [-0.39, 0.29) is 6.42 Å². The molecule has 0 unspecified atom stereocenters. The molecule has 0 atom stereocenters. The van der Waals surface area contributed by atoms with Gasteiger partial charge in [-0.25, -0.2) is 8.42 Å². The Hall–Kier alpha value is -1.10. The molecule has 1 rings (SSSR count). The molecule has 0 aromatic heterocycles. The van der Waals surface area contributed by atoms with Gasteiger partial charge in [-0.3, -0.25) is 9.52 Å². The van der Waals surface area contributed by atoms with Crippen LogP contribution in [-0.4, -0.2) is 20.6 Å². The van der Waals surface area contributed by atoms with Crippen molar-refractivity contribution < 1.29 is 13.2 Å². The molecule has 0 aromatic carbocycles. The van der Waals surface area contributed by atoms with Gasteiger partial charge in [0.15, 0.2) is 0 Å². The lowest BCUT2D eigenvalue weighted by molar-refractivity contribution is -0.119. The fraction of sp³-hybridized carbons (Fsp3) is 0.762. The van der Waals surface area contributed by atoms with Crippen LogP contribution >= 0.6 is 0 Å². The predicted octanol–water partition coefficient (Wildman–Crippen LogP) is 5.51. The van der Waals surface area contributed by atoms with Crippen LogP contribution in [0.3, 0.4) is 0 Å². The monoisotopic (exact) mass is 385 g/mol.